The Hall–Kier alpha value is 0.474. The van der Waals surface area contributed by atoms with Crippen LogP contribution < -0.4 is 18.9 Å². The molecule has 104 valence electrons. The first-order valence-corrected chi connectivity index (χ1v) is 9.27. The predicted molar refractivity (Wildman–Crippen MR) is 79.6 cm³/mol. The number of aliphatic hydroxyl groups excluding tert-OH is 1. The molecule has 2 nitrogen and oxygen atoms in total. The fourth-order valence-electron chi connectivity index (χ4n) is 0.578. The van der Waals surface area contributed by atoms with E-state index in [9.17, 15) is 5.11 Å². The topological polar surface area (TPSA) is 29.5 Å². The number of unbranched alkanes of at least 4 members (excludes halogenated alkanes) is 1. The van der Waals surface area contributed by atoms with Crippen molar-refractivity contribution in [1.82, 2.24) is 0 Å². The molecule has 0 heterocycles. The van der Waals surface area contributed by atoms with E-state index in [1.807, 2.05) is 0 Å². The largest absolute Gasteiger partial charge is 1.00 e. The van der Waals surface area contributed by atoms with Crippen LogP contribution in [0.5, 0.6) is 0 Å². The van der Waals surface area contributed by atoms with Crippen molar-refractivity contribution in [2.45, 2.75) is 64.8 Å². The fourth-order valence-corrected chi connectivity index (χ4v) is 1.60. The maximum atomic E-state index is 9.27. The quantitative estimate of drug-likeness (QED) is 0.460. The fraction of sp³-hybridized carbons (Fsp3) is 0.786. The number of rotatable bonds is 5. The van der Waals surface area contributed by atoms with E-state index in [0.717, 1.165) is 6.42 Å². The van der Waals surface area contributed by atoms with E-state index in [0.29, 0.717) is 6.61 Å². The first-order valence-electron chi connectivity index (χ1n) is 6.36. The Labute approximate surface area is 128 Å². The molecule has 1 N–H and O–H groups in total. The molecule has 0 saturated carbocycles. The molecule has 0 amide bonds. The maximum absolute atomic E-state index is 9.27. The Kier molecular flexibility index (Phi) is 14.8. The van der Waals surface area contributed by atoms with E-state index < -0.39 is 14.4 Å². The Bertz CT molecular complexity index is 198. The average Bonchev–Trinajstić information content (AvgIpc) is 2.24. The molecular weight excluding hydrogens is 235 g/mol. The van der Waals surface area contributed by atoms with Crippen LogP contribution in [0.2, 0.25) is 18.1 Å². The number of aliphatic hydroxyl groups is 1. The molecule has 0 fully saturated rings. The Morgan fingerprint density at radius 3 is 2.00 bits per heavy atom. The molecule has 1 atom stereocenters. The molecule has 0 radical (unpaired) electrons. The van der Waals surface area contributed by atoms with Crippen molar-refractivity contribution in [3.63, 3.8) is 0 Å². The molecule has 0 aliphatic carbocycles. The van der Waals surface area contributed by atoms with Crippen LogP contribution in [0.25, 0.3) is 0 Å². The second kappa shape index (κ2) is 11.3. The average molecular weight is 266 g/mol. The van der Waals surface area contributed by atoms with Crippen LogP contribution in [0.1, 0.15) is 40.5 Å². The second-order valence-corrected chi connectivity index (χ2v) is 10.5. The van der Waals surface area contributed by atoms with Crippen molar-refractivity contribution in [1.29, 1.82) is 0 Å². The van der Waals surface area contributed by atoms with Gasteiger partial charge in [-0.3, -0.25) is 0 Å². The van der Waals surface area contributed by atoms with E-state index in [4.69, 9.17) is 4.43 Å². The van der Waals surface area contributed by atoms with Crippen molar-refractivity contribution in [2.75, 3.05) is 6.61 Å². The third-order valence-electron chi connectivity index (χ3n) is 3.05. The standard InChI is InChI=1S/C10H22O2Si.C4H9.Li/c1-7-9(11)8-12-13(5,6)10(2,3)4;1-3-4-2;/h7,9,11H,1,8H2,2-6H3;1,3-4H2,2H3;/q;-1;+1/t9-;;/m1../s1. The minimum atomic E-state index is -1.69. The summed E-state index contributed by atoms with van der Waals surface area (Å²) in [6, 6.07) is 0. The monoisotopic (exact) mass is 266 g/mol. The minimum absolute atomic E-state index is 0. The molecule has 0 bridgehead atoms. The zero-order valence-corrected chi connectivity index (χ0v) is 14.5. The van der Waals surface area contributed by atoms with Gasteiger partial charge < -0.3 is 16.5 Å². The molecule has 18 heavy (non-hydrogen) atoms. The first kappa shape index (κ1) is 23.6. The van der Waals surface area contributed by atoms with Crippen LogP contribution in [0.15, 0.2) is 12.7 Å². The van der Waals surface area contributed by atoms with E-state index in [1.165, 1.54) is 12.5 Å². The molecule has 0 unspecified atom stereocenters. The Balaban J connectivity index is -0.000000392. The molecule has 0 spiro atoms. The Morgan fingerprint density at radius 2 is 1.78 bits per heavy atom. The van der Waals surface area contributed by atoms with Crippen LogP contribution in [0.3, 0.4) is 0 Å². The van der Waals surface area contributed by atoms with Gasteiger partial charge in [-0.2, -0.15) is 6.42 Å². The normalized spacial score (nSPS) is 12.9. The summed E-state index contributed by atoms with van der Waals surface area (Å²) in [5.41, 5.74) is 0. The summed E-state index contributed by atoms with van der Waals surface area (Å²) in [6.45, 7) is 20.5. The summed E-state index contributed by atoms with van der Waals surface area (Å²) >= 11 is 0. The van der Waals surface area contributed by atoms with E-state index in [2.05, 4.69) is 54.3 Å². The van der Waals surface area contributed by atoms with Gasteiger partial charge in [-0.05, 0) is 18.1 Å². The SMILES string of the molecule is C=C[C@@H](O)CO[Si](C)(C)C(C)(C)C.[CH2-]CCC.[Li+]. The smallest absolute Gasteiger partial charge is 0.414 e. The molecule has 0 aromatic heterocycles. The van der Waals surface area contributed by atoms with E-state index in [1.54, 1.807) is 0 Å². The summed E-state index contributed by atoms with van der Waals surface area (Å²) < 4.78 is 5.76. The minimum Gasteiger partial charge on any atom is -0.414 e. The van der Waals surface area contributed by atoms with Crippen LogP contribution >= 0.6 is 0 Å². The van der Waals surface area contributed by atoms with Gasteiger partial charge in [0, 0.05) is 0 Å². The van der Waals surface area contributed by atoms with Crippen molar-refractivity contribution in [2.24, 2.45) is 0 Å². The Morgan fingerprint density at radius 1 is 1.39 bits per heavy atom. The first-order chi connectivity index (χ1) is 7.62. The third kappa shape index (κ3) is 11.6. The molecular formula is C14H31LiO2Si. The summed E-state index contributed by atoms with van der Waals surface area (Å²) in [4.78, 5) is 0. The van der Waals surface area contributed by atoms with E-state index >= 15 is 0 Å². The van der Waals surface area contributed by atoms with Crippen molar-refractivity contribution >= 4 is 8.32 Å². The van der Waals surface area contributed by atoms with E-state index in [-0.39, 0.29) is 23.9 Å². The van der Waals surface area contributed by atoms with Gasteiger partial charge in [0.15, 0.2) is 8.32 Å². The molecule has 0 aromatic rings. The zero-order valence-electron chi connectivity index (χ0n) is 13.5. The van der Waals surface area contributed by atoms with Gasteiger partial charge >= 0.3 is 18.9 Å². The van der Waals surface area contributed by atoms with Crippen LogP contribution in [-0.4, -0.2) is 26.1 Å². The molecule has 0 saturated heterocycles. The summed E-state index contributed by atoms with van der Waals surface area (Å²) in [5.74, 6) is 0. The summed E-state index contributed by atoms with van der Waals surface area (Å²) in [5, 5.41) is 9.47. The molecule has 0 aliphatic rings. The maximum Gasteiger partial charge on any atom is 1.00 e. The van der Waals surface area contributed by atoms with Crippen molar-refractivity contribution < 1.29 is 28.4 Å². The zero-order chi connectivity index (χ0) is 14.1. The second-order valence-electron chi connectivity index (χ2n) is 5.73. The van der Waals surface area contributed by atoms with Crippen molar-refractivity contribution in [3.05, 3.63) is 19.6 Å². The van der Waals surface area contributed by atoms with Gasteiger partial charge in [0.2, 0.25) is 0 Å². The number of hydrogen-bond donors (Lipinski definition) is 1. The van der Waals surface area contributed by atoms with Gasteiger partial charge in [0.25, 0.3) is 0 Å². The van der Waals surface area contributed by atoms with Crippen LogP contribution in [0, 0.1) is 6.92 Å². The van der Waals surface area contributed by atoms with Gasteiger partial charge in [-0.1, -0.05) is 40.2 Å². The molecule has 4 heteroatoms. The summed E-state index contributed by atoms with van der Waals surface area (Å²) in [6.07, 6.45) is 3.25. The van der Waals surface area contributed by atoms with Crippen LogP contribution in [-0.2, 0) is 4.43 Å². The van der Waals surface area contributed by atoms with Crippen LogP contribution in [0.4, 0.5) is 0 Å². The molecule has 0 aliphatic heterocycles. The predicted octanol–water partition coefficient (Wildman–Crippen LogP) is 1.18. The number of hydrogen-bond acceptors (Lipinski definition) is 2. The third-order valence-corrected chi connectivity index (χ3v) is 7.55. The van der Waals surface area contributed by atoms with Gasteiger partial charge in [0.05, 0.1) is 12.7 Å². The summed E-state index contributed by atoms with van der Waals surface area (Å²) in [7, 11) is -1.69. The van der Waals surface area contributed by atoms with Gasteiger partial charge in [0.1, 0.15) is 0 Å². The molecule has 0 aromatic carbocycles. The van der Waals surface area contributed by atoms with Gasteiger partial charge in [-0.15, -0.1) is 6.58 Å². The van der Waals surface area contributed by atoms with Gasteiger partial charge in [-0.25, -0.2) is 0 Å². The van der Waals surface area contributed by atoms with Crippen molar-refractivity contribution in [3.8, 4) is 0 Å². The molecule has 0 rings (SSSR count).